The van der Waals surface area contributed by atoms with Crippen molar-refractivity contribution in [3.05, 3.63) is 89.5 Å². The molecule has 8 heteroatoms. The van der Waals surface area contributed by atoms with Gasteiger partial charge in [0.2, 0.25) is 0 Å². The monoisotopic (exact) mass is 393 g/mol. The predicted octanol–water partition coefficient (Wildman–Crippen LogP) is 3.21. The predicted molar refractivity (Wildman–Crippen MR) is 104 cm³/mol. The Morgan fingerprint density at radius 2 is 1.93 bits per heavy atom. The number of carbonyl (C=O) groups excluding carboxylic acids is 2. The van der Waals surface area contributed by atoms with Crippen LogP contribution in [0.5, 0.6) is 11.5 Å². The van der Waals surface area contributed by atoms with Crippen LogP contribution in [-0.4, -0.2) is 30.2 Å². The third-order valence-electron chi connectivity index (χ3n) is 3.79. The van der Waals surface area contributed by atoms with Crippen LogP contribution in [0.2, 0.25) is 0 Å². The molecule has 1 heterocycles. The van der Waals surface area contributed by atoms with Crippen molar-refractivity contribution in [2.75, 3.05) is 7.11 Å². The molecule has 2 aromatic carbocycles. The lowest BCUT2D eigenvalue weighted by Crippen LogP contribution is -2.17. The average Bonchev–Trinajstić information content (AvgIpc) is 2.75. The molecule has 0 bridgehead atoms. The number of carbonyl (C=O) groups is 2. The molecular weight excluding hydrogens is 377 g/mol. The Labute approximate surface area is 165 Å². The van der Waals surface area contributed by atoms with Gasteiger partial charge in [-0.05, 0) is 48.0 Å². The Kier molecular flexibility index (Phi) is 6.26. The van der Waals surface area contributed by atoms with E-state index in [1.807, 2.05) is 0 Å². The second-order valence-corrected chi connectivity index (χ2v) is 5.72. The quantitative estimate of drug-likeness (QED) is 0.301. The van der Waals surface area contributed by atoms with Crippen LogP contribution in [0.25, 0.3) is 0 Å². The van der Waals surface area contributed by atoms with E-state index in [0.29, 0.717) is 11.1 Å². The van der Waals surface area contributed by atoms with Crippen LogP contribution in [0, 0.1) is 5.82 Å². The van der Waals surface area contributed by atoms with Crippen LogP contribution in [-0.2, 0) is 0 Å². The Bertz CT molecular complexity index is 1050. The van der Waals surface area contributed by atoms with E-state index in [9.17, 15) is 14.0 Å². The van der Waals surface area contributed by atoms with Crippen molar-refractivity contribution < 1.29 is 23.5 Å². The van der Waals surface area contributed by atoms with Gasteiger partial charge in [-0.25, -0.2) is 14.6 Å². The highest BCUT2D eigenvalue weighted by Crippen LogP contribution is 2.28. The minimum atomic E-state index is -0.841. The number of hydrogen-bond donors (Lipinski definition) is 1. The second kappa shape index (κ2) is 9.23. The second-order valence-electron chi connectivity index (χ2n) is 5.72. The van der Waals surface area contributed by atoms with E-state index in [2.05, 4.69) is 15.5 Å². The number of methoxy groups -OCH3 is 1. The minimum Gasteiger partial charge on any atom is -0.493 e. The zero-order valence-corrected chi connectivity index (χ0v) is 15.3. The topological polar surface area (TPSA) is 89.9 Å². The van der Waals surface area contributed by atoms with Gasteiger partial charge in [-0.1, -0.05) is 12.1 Å². The lowest BCUT2D eigenvalue weighted by atomic mass is 10.2. The summed E-state index contributed by atoms with van der Waals surface area (Å²) in [6.45, 7) is 0. The molecule has 0 aliphatic rings. The van der Waals surface area contributed by atoms with Crippen molar-refractivity contribution in [3.63, 3.8) is 0 Å². The van der Waals surface area contributed by atoms with Crippen molar-refractivity contribution in [2.24, 2.45) is 5.10 Å². The molecule has 146 valence electrons. The highest BCUT2D eigenvalue weighted by Gasteiger charge is 2.16. The fraction of sp³-hybridized carbons (Fsp3) is 0.0476. The summed E-state index contributed by atoms with van der Waals surface area (Å²) in [5.74, 6) is -1.55. The van der Waals surface area contributed by atoms with E-state index in [1.54, 1.807) is 30.5 Å². The van der Waals surface area contributed by atoms with Crippen molar-refractivity contribution >= 4 is 18.1 Å². The van der Waals surface area contributed by atoms with Gasteiger partial charge in [-0.3, -0.25) is 9.78 Å². The maximum Gasteiger partial charge on any atom is 0.346 e. The molecule has 7 nitrogen and oxygen atoms in total. The van der Waals surface area contributed by atoms with Gasteiger partial charge in [-0.15, -0.1) is 0 Å². The molecule has 0 atom stereocenters. The van der Waals surface area contributed by atoms with Crippen LogP contribution in [0.3, 0.4) is 0 Å². The maximum absolute atomic E-state index is 13.7. The molecule has 0 fully saturated rings. The SMILES string of the molecule is COc1cc(/C=N/NC(=O)c2cccnc2)ccc1OC(=O)c1ccccc1F. The minimum absolute atomic E-state index is 0.122. The Balaban J connectivity index is 1.69. The Morgan fingerprint density at radius 3 is 2.66 bits per heavy atom. The van der Waals surface area contributed by atoms with E-state index < -0.39 is 17.7 Å². The summed E-state index contributed by atoms with van der Waals surface area (Å²) in [4.78, 5) is 28.0. The number of rotatable bonds is 6. The lowest BCUT2D eigenvalue weighted by Gasteiger charge is -2.10. The van der Waals surface area contributed by atoms with Crippen molar-refractivity contribution in [2.45, 2.75) is 0 Å². The molecule has 0 aliphatic carbocycles. The number of pyridine rings is 1. The van der Waals surface area contributed by atoms with Gasteiger partial charge in [0.05, 0.1) is 24.5 Å². The first kappa shape index (κ1) is 19.7. The third kappa shape index (κ3) is 5.01. The number of aromatic nitrogens is 1. The van der Waals surface area contributed by atoms with Gasteiger partial charge < -0.3 is 9.47 Å². The first-order chi connectivity index (χ1) is 14.1. The Morgan fingerprint density at radius 1 is 1.10 bits per heavy atom. The maximum atomic E-state index is 13.7. The fourth-order valence-corrected chi connectivity index (χ4v) is 2.36. The van der Waals surface area contributed by atoms with E-state index >= 15 is 0 Å². The Hall–Kier alpha value is -4.07. The van der Waals surface area contributed by atoms with Gasteiger partial charge in [-0.2, -0.15) is 5.10 Å². The van der Waals surface area contributed by atoms with E-state index in [4.69, 9.17) is 9.47 Å². The molecular formula is C21H16FN3O4. The number of amides is 1. The largest absolute Gasteiger partial charge is 0.493 e. The summed E-state index contributed by atoms with van der Waals surface area (Å²) in [6, 6.07) is 13.4. The summed E-state index contributed by atoms with van der Waals surface area (Å²) in [7, 11) is 1.40. The van der Waals surface area contributed by atoms with Crippen LogP contribution in [0.1, 0.15) is 26.3 Å². The van der Waals surface area contributed by atoms with E-state index in [-0.39, 0.29) is 17.1 Å². The molecule has 1 N–H and O–H groups in total. The standard InChI is InChI=1S/C21H16FN3O4/c1-28-19-11-14(12-24-25-20(26)15-5-4-10-23-13-15)8-9-18(19)29-21(27)16-6-2-3-7-17(16)22/h2-13H,1H3,(H,25,26)/b24-12+. The number of halogens is 1. The van der Waals surface area contributed by atoms with Crippen LogP contribution in [0.4, 0.5) is 4.39 Å². The molecule has 29 heavy (non-hydrogen) atoms. The number of hydrogen-bond acceptors (Lipinski definition) is 6. The first-order valence-corrected chi connectivity index (χ1v) is 8.46. The number of esters is 1. The van der Waals surface area contributed by atoms with Gasteiger partial charge in [0.15, 0.2) is 11.5 Å². The average molecular weight is 393 g/mol. The molecule has 0 saturated carbocycles. The zero-order chi connectivity index (χ0) is 20.6. The van der Waals surface area contributed by atoms with Crippen LogP contribution in [0.15, 0.2) is 72.1 Å². The summed E-state index contributed by atoms with van der Waals surface area (Å²) >= 11 is 0. The van der Waals surface area contributed by atoms with Gasteiger partial charge in [0, 0.05) is 12.4 Å². The number of nitrogens with one attached hydrogen (secondary N) is 1. The van der Waals surface area contributed by atoms with Crippen molar-refractivity contribution in [3.8, 4) is 11.5 Å². The molecule has 1 aromatic heterocycles. The molecule has 0 radical (unpaired) electrons. The molecule has 3 aromatic rings. The fourth-order valence-electron chi connectivity index (χ4n) is 2.36. The molecule has 1 amide bonds. The molecule has 0 saturated heterocycles. The zero-order valence-electron chi connectivity index (χ0n) is 15.3. The third-order valence-corrected chi connectivity index (χ3v) is 3.79. The van der Waals surface area contributed by atoms with E-state index in [1.165, 1.54) is 49.9 Å². The van der Waals surface area contributed by atoms with Crippen molar-refractivity contribution in [1.82, 2.24) is 10.4 Å². The van der Waals surface area contributed by atoms with Crippen LogP contribution >= 0.6 is 0 Å². The smallest absolute Gasteiger partial charge is 0.346 e. The van der Waals surface area contributed by atoms with Crippen molar-refractivity contribution in [1.29, 1.82) is 0 Å². The number of hydrazone groups is 1. The normalized spacial score (nSPS) is 10.6. The highest BCUT2D eigenvalue weighted by atomic mass is 19.1. The number of benzene rings is 2. The lowest BCUT2D eigenvalue weighted by molar-refractivity contribution is 0.0724. The summed E-state index contributed by atoms with van der Waals surface area (Å²) in [6.07, 6.45) is 4.39. The molecule has 0 aliphatic heterocycles. The first-order valence-electron chi connectivity index (χ1n) is 8.46. The summed E-state index contributed by atoms with van der Waals surface area (Å²) in [5.41, 5.74) is 3.16. The van der Waals surface area contributed by atoms with Crippen LogP contribution < -0.4 is 14.9 Å². The number of ether oxygens (including phenoxy) is 2. The van der Waals surface area contributed by atoms with Gasteiger partial charge >= 0.3 is 5.97 Å². The molecule has 3 rings (SSSR count). The van der Waals surface area contributed by atoms with Gasteiger partial charge in [0.25, 0.3) is 5.91 Å². The van der Waals surface area contributed by atoms with E-state index in [0.717, 1.165) is 0 Å². The van der Waals surface area contributed by atoms with Gasteiger partial charge in [0.1, 0.15) is 5.82 Å². The molecule has 0 unspecified atom stereocenters. The highest BCUT2D eigenvalue weighted by molar-refractivity contribution is 5.94. The summed E-state index contributed by atoms with van der Waals surface area (Å²) < 4.78 is 24.2. The number of nitrogens with zero attached hydrogens (tertiary/aromatic N) is 2. The summed E-state index contributed by atoms with van der Waals surface area (Å²) in [5, 5.41) is 3.88. The molecule has 0 spiro atoms.